The fraction of sp³-hybridized carbons (Fsp3) is 0.154. The first-order valence-electron chi connectivity index (χ1n) is 5.65. The van der Waals surface area contributed by atoms with Gasteiger partial charge < -0.3 is 5.32 Å². The summed E-state index contributed by atoms with van der Waals surface area (Å²) in [5, 5.41) is 13.9. The van der Waals surface area contributed by atoms with Crippen LogP contribution in [0.15, 0.2) is 41.0 Å². The third-order valence-corrected chi connectivity index (χ3v) is 3.14. The number of nitrogens with zero attached hydrogens (tertiary/aromatic N) is 2. The van der Waals surface area contributed by atoms with Gasteiger partial charge >= 0.3 is 0 Å². The number of hydrogen-bond donors (Lipinski definition) is 1. The molecule has 0 bridgehead atoms. The van der Waals surface area contributed by atoms with Gasteiger partial charge in [-0.15, -0.1) is 0 Å². The zero-order chi connectivity index (χ0) is 13.8. The summed E-state index contributed by atoms with van der Waals surface area (Å²) in [7, 11) is 0. The van der Waals surface area contributed by atoms with E-state index in [1.165, 1.54) is 6.07 Å². The van der Waals surface area contributed by atoms with Crippen molar-refractivity contribution in [1.82, 2.24) is 4.98 Å². The summed E-state index contributed by atoms with van der Waals surface area (Å²) in [6, 6.07) is 8.60. The van der Waals surface area contributed by atoms with Gasteiger partial charge in [-0.2, -0.15) is 0 Å². The zero-order valence-electron chi connectivity index (χ0n) is 10.3. The lowest BCUT2D eigenvalue weighted by Gasteiger charge is -2.08. The topological polar surface area (TPSA) is 68.1 Å². The van der Waals surface area contributed by atoms with Crippen LogP contribution in [0.3, 0.4) is 0 Å². The summed E-state index contributed by atoms with van der Waals surface area (Å²) < 4.78 is 0.933. The average molecular weight is 322 g/mol. The molecule has 19 heavy (non-hydrogen) atoms. The van der Waals surface area contributed by atoms with Crippen LogP contribution in [0.4, 0.5) is 11.4 Å². The SMILES string of the molecule is Cc1cc([N+](=O)[O-])ccc1NCc1ccc(Br)cn1. The number of aromatic nitrogens is 1. The maximum Gasteiger partial charge on any atom is 0.269 e. The van der Waals surface area contributed by atoms with E-state index < -0.39 is 4.92 Å². The average Bonchev–Trinajstić information content (AvgIpc) is 2.39. The van der Waals surface area contributed by atoms with Crippen LogP contribution in [0, 0.1) is 17.0 Å². The first kappa shape index (κ1) is 13.5. The van der Waals surface area contributed by atoms with Crippen molar-refractivity contribution in [2.75, 3.05) is 5.32 Å². The largest absolute Gasteiger partial charge is 0.379 e. The molecule has 2 rings (SSSR count). The summed E-state index contributed by atoms with van der Waals surface area (Å²) in [6.45, 7) is 2.41. The van der Waals surface area contributed by atoms with E-state index in [4.69, 9.17) is 0 Å². The predicted molar refractivity (Wildman–Crippen MR) is 77.1 cm³/mol. The van der Waals surface area contributed by atoms with Gasteiger partial charge in [-0.25, -0.2) is 0 Å². The molecule has 6 heteroatoms. The van der Waals surface area contributed by atoms with E-state index in [1.807, 2.05) is 19.1 Å². The van der Waals surface area contributed by atoms with Crippen molar-refractivity contribution in [2.24, 2.45) is 0 Å². The molecule has 98 valence electrons. The van der Waals surface area contributed by atoms with Crippen LogP contribution in [0.1, 0.15) is 11.3 Å². The van der Waals surface area contributed by atoms with Crippen molar-refractivity contribution >= 4 is 27.3 Å². The fourth-order valence-electron chi connectivity index (χ4n) is 1.66. The van der Waals surface area contributed by atoms with Gasteiger partial charge in [-0.3, -0.25) is 15.1 Å². The maximum atomic E-state index is 10.6. The molecule has 0 radical (unpaired) electrons. The van der Waals surface area contributed by atoms with E-state index in [0.717, 1.165) is 21.4 Å². The highest BCUT2D eigenvalue weighted by atomic mass is 79.9. The van der Waals surface area contributed by atoms with Gasteiger partial charge in [0.1, 0.15) is 0 Å². The lowest BCUT2D eigenvalue weighted by Crippen LogP contribution is -2.03. The van der Waals surface area contributed by atoms with Crippen LogP contribution in [0.2, 0.25) is 0 Å². The van der Waals surface area contributed by atoms with Gasteiger partial charge in [0.2, 0.25) is 0 Å². The molecule has 1 aromatic carbocycles. The quantitative estimate of drug-likeness (QED) is 0.689. The molecule has 1 aromatic heterocycles. The van der Waals surface area contributed by atoms with Crippen molar-refractivity contribution in [3.8, 4) is 0 Å². The minimum absolute atomic E-state index is 0.102. The van der Waals surface area contributed by atoms with Crippen molar-refractivity contribution < 1.29 is 4.92 Å². The van der Waals surface area contributed by atoms with Crippen molar-refractivity contribution in [2.45, 2.75) is 13.5 Å². The van der Waals surface area contributed by atoms with E-state index in [2.05, 4.69) is 26.2 Å². The predicted octanol–water partition coefficient (Wildman–Crippen LogP) is 3.67. The number of nitro groups is 1. The van der Waals surface area contributed by atoms with Crippen LogP contribution in [0.25, 0.3) is 0 Å². The van der Waals surface area contributed by atoms with Crippen LogP contribution >= 0.6 is 15.9 Å². The molecule has 0 spiro atoms. The molecule has 0 aliphatic carbocycles. The minimum Gasteiger partial charge on any atom is -0.379 e. The molecule has 0 aliphatic heterocycles. The number of hydrogen-bond acceptors (Lipinski definition) is 4. The van der Waals surface area contributed by atoms with E-state index in [0.29, 0.717) is 6.54 Å². The van der Waals surface area contributed by atoms with E-state index in [9.17, 15) is 10.1 Å². The highest BCUT2D eigenvalue weighted by molar-refractivity contribution is 9.10. The number of halogens is 1. The lowest BCUT2D eigenvalue weighted by molar-refractivity contribution is -0.384. The van der Waals surface area contributed by atoms with E-state index in [1.54, 1.807) is 18.3 Å². The Morgan fingerprint density at radius 3 is 2.74 bits per heavy atom. The Kier molecular flexibility index (Phi) is 4.11. The van der Waals surface area contributed by atoms with Crippen molar-refractivity contribution in [1.29, 1.82) is 0 Å². The lowest BCUT2D eigenvalue weighted by atomic mass is 10.2. The van der Waals surface area contributed by atoms with Crippen LogP contribution in [-0.4, -0.2) is 9.91 Å². The van der Waals surface area contributed by atoms with Gasteiger partial charge in [0.05, 0.1) is 17.2 Å². The minimum atomic E-state index is -0.396. The molecule has 0 saturated carbocycles. The smallest absolute Gasteiger partial charge is 0.269 e. The van der Waals surface area contributed by atoms with Crippen molar-refractivity contribution in [3.05, 3.63) is 62.4 Å². The molecule has 0 unspecified atom stereocenters. The number of pyridine rings is 1. The van der Waals surface area contributed by atoms with Gasteiger partial charge in [0, 0.05) is 28.5 Å². The normalized spacial score (nSPS) is 10.2. The standard InChI is InChI=1S/C13H12BrN3O2/c1-9-6-12(17(18)19)4-5-13(9)16-8-11-3-2-10(14)7-15-11/h2-7,16H,8H2,1H3. The van der Waals surface area contributed by atoms with Gasteiger partial charge in [-0.05, 0) is 46.6 Å². The molecular formula is C13H12BrN3O2. The number of rotatable bonds is 4. The highest BCUT2D eigenvalue weighted by Gasteiger charge is 2.07. The van der Waals surface area contributed by atoms with Crippen LogP contribution in [-0.2, 0) is 6.54 Å². The fourth-order valence-corrected chi connectivity index (χ4v) is 1.89. The van der Waals surface area contributed by atoms with E-state index >= 15 is 0 Å². The highest BCUT2D eigenvalue weighted by Crippen LogP contribution is 2.21. The Hall–Kier alpha value is -1.95. The summed E-state index contributed by atoms with van der Waals surface area (Å²) in [4.78, 5) is 14.5. The number of anilines is 1. The summed E-state index contributed by atoms with van der Waals surface area (Å²) >= 11 is 3.33. The molecule has 0 saturated heterocycles. The number of aryl methyl sites for hydroxylation is 1. The Morgan fingerprint density at radius 2 is 2.16 bits per heavy atom. The van der Waals surface area contributed by atoms with E-state index in [-0.39, 0.29) is 5.69 Å². The number of nitrogens with one attached hydrogen (secondary N) is 1. The third-order valence-electron chi connectivity index (χ3n) is 2.67. The van der Waals surface area contributed by atoms with Gasteiger partial charge in [0.25, 0.3) is 5.69 Å². The molecule has 0 aliphatic rings. The summed E-state index contributed by atoms with van der Waals surface area (Å²) in [6.07, 6.45) is 1.74. The number of nitro benzene ring substituents is 1. The molecule has 0 amide bonds. The Labute approximate surface area is 119 Å². The number of non-ortho nitro benzene ring substituents is 1. The molecular weight excluding hydrogens is 310 g/mol. The second kappa shape index (κ2) is 5.79. The monoisotopic (exact) mass is 321 g/mol. The maximum absolute atomic E-state index is 10.6. The summed E-state index contributed by atoms with van der Waals surface area (Å²) in [5.41, 5.74) is 2.72. The first-order valence-corrected chi connectivity index (χ1v) is 6.45. The van der Waals surface area contributed by atoms with Crippen LogP contribution < -0.4 is 5.32 Å². The molecule has 1 N–H and O–H groups in total. The van der Waals surface area contributed by atoms with Crippen LogP contribution in [0.5, 0.6) is 0 Å². The molecule has 0 atom stereocenters. The zero-order valence-corrected chi connectivity index (χ0v) is 11.8. The second-order valence-corrected chi connectivity index (χ2v) is 4.99. The van der Waals surface area contributed by atoms with Gasteiger partial charge in [-0.1, -0.05) is 0 Å². The third kappa shape index (κ3) is 3.51. The Bertz CT molecular complexity index is 599. The molecule has 1 heterocycles. The van der Waals surface area contributed by atoms with Crippen molar-refractivity contribution in [3.63, 3.8) is 0 Å². The first-order chi connectivity index (χ1) is 9.06. The molecule has 5 nitrogen and oxygen atoms in total. The Morgan fingerprint density at radius 1 is 1.37 bits per heavy atom. The molecule has 2 aromatic rings. The summed E-state index contributed by atoms with van der Waals surface area (Å²) in [5.74, 6) is 0. The second-order valence-electron chi connectivity index (χ2n) is 4.08. The van der Waals surface area contributed by atoms with Gasteiger partial charge in [0.15, 0.2) is 0 Å². The Balaban J connectivity index is 2.07. The molecule has 0 fully saturated rings. The number of benzene rings is 1.